The van der Waals surface area contributed by atoms with Crippen molar-refractivity contribution in [2.24, 2.45) is 5.92 Å². The summed E-state index contributed by atoms with van der Waals surface area (Å²) in [5, 5.41) is 14.2. The standard InChI is InChI=1S/C21H27N3O4/c1-13(2)9-18(24-21(26)27)12-28-19-6-5-16(10-14(19)3)17-7-8-22-20(11-17)23-15(4)25/h5-8,10-11,13,18,24H,9,12H2,1-4H3,(H,26,27)(H,22,23,25). The minimum Gasteiger partial charge on any atom is -0.491 e. The molecule has 0 aliphatic heterocycles. The van der Waals surface area contributed by atoms with Crippen molar-refractivity contribution in [3.05, 3.63) is 42.1 Å². The highest BCUT2D eigenvalue weighted by Crippen LogP contribution is 2.27. The van der Waals surface area contributed by atoms with Crippen molar-refractivity contribution >= 4 is 17.8 Å². The van der Waals surface area contributed by atoms with E-state index in [4.69, 9.17) is 9.84 Å². The Kier molecular flexibility index (Phi) is 7.37. The second kappa shape index (κ2) is 9.73. The molecule has 1 atom stereocenters. The predicted molar refractivity (Wildman–Crippen MR) is 109 cm³/mol. The molecule has 1 aromatic heterocycles. The van der Waals surface area contributed by atoms with Crippen LogP contribution in [0.25, 0.3) is 11.1 Å². The van der Waals surface area contributed by atoms with E-state index in [1.807, 2.05) is 51.1 Å². The van der Waals surface area contributed by atoms with Gasteiger partial charge in [-0.2, -0.15) is 0 Å². The van der Waals surface area contributed by atoms with E-state index >= 15 is 0 Å². The van der Waals surface area contributed by atoms with Crippen LogP contribution in [-0.4, -0.2) is 34.7 Å². The maximum Gasteiger partial charge on any atom is 0.404 e. The summed E-state index contributed by atoms with van der Waals surface area (Å²) in [5.74, 6) is 1.39. The zero-order valence-electron chi connectivity index (χ0n) is 16.7. The lowest BCUT2D eigenvalue weighted by Crippen LogP contribution is -2.39. The van der Waals surface area contributed by atoms with Gasteiger partial charge in [0.2, 0.25) is 5.91 Å². The Hall–Kier alpha value is -3.09. The van der Waals surface area contributed by atoms with Gasteiger partial charge in [0, 0.05) is 13.1 Å². The number of anilines is 1. The lowest BCUT2D eigenvalue weighted by atomic mass is 10.0. The van der Waals surface area contributed by atoms with Crippen LogP contribution in [0.3, 0.4) is 0 Å². The number of carboxylic acid groups (broad SMARTS) is 1. The maximum absolute atomic E-state index is 11.2. The van der Waals surface area contributed by atoms with Crippen molar-refractivity contribution in [3.8, 4) is 16.9 Å². The zero-order chi connectivity index (χ0) is 20.7. The smallest absolute Gasteiger partial charge is 0.404 e. The summed E-state index contributed by atoms with van der Waals surface area (Å²) in [6, 6.07) is 9.21. The molecule has 2 amide bonds. The lowest BCUT2D eigenvalue weighted by molar-refractivity contribution is -0.114. The molecule has 0 bridgehead atoms. The summed E-state index contributed by atoms with van der Waals surface area (Å²) in [6.45, 7) is 7.74. The Labute approximate surface area is 165 Å². The Balaban J connectivity index is 2.11. The SMILES string of the molecule is CC(=O)Nc1cc(-c2ccc(OCC(CC(C)C)NC(=O)O)c(C)c2)ccn1. The van der Waals surface area contributed by atoms with E-state index in [0.717, 1.165) is 16.7 Å². The number of carbonyl (C=O) groups excluding carboxylic acids is 1. The van der Waals surface area contributed by atoms with Crippen molar-refractivity contribution in [3.63, 3.8) is 0 Å². The number of hydrogen-bond donors (Lipinski definition) is 3. The monoisotopic (exact) mass is 385 g/mol. The van der Waals surface area contributed by atoms with Gasteiger partial charge in [0.15, 0.2) is 0 Å². The van der Waals surface area contributed by atoms with Crippen molar-refractivity contribution in [1.29, 1.82) is 0 Å². The van der Waals surface area contributed by atoms with Gasteiger partial charge in [0.1, 0.15) is 18.2 Å². The molecule has 3 N–H and O–H groups in total. The van der Waals surface area contributed by atoms with E-state index in [0.29, 0.717) is 23.9 Å². The summed E-state index contributed by atoms with van der Waals surface area (Å²) in [5.41, 5.74) is 2.84. The summed E-state index contributed by atoms with van der Waals surface area (Å²) < 4.78 is 5.87. The number of aryl methyl sites for hydroxylation is 1. The normalized spacial score (nSPS) is 11.8. The minimum atomic E-state index is -1.05. The third kappa shape index (κ3) is 6.57. The van der Waals surface area contributed by atoms with Gasteiger partial charge < -0.3 is 20.5 Å². The number of aromatic nitrogens is 1. The van der Waals surface area contributed by atoms with E-state index in [9.17, 15) is 9.59 Å². The lowest BCUT2D eigenvalue weighted by Gasteiger charge is -2.20. The van der Waals surface area contributed by atoms with Gasteiger partial charge in [-0.25, -0.2) is 9.78 Å². The summed E-state index contributed by atoms with van der Waals surface area (Å²) in [7, 11) is 0. The fourth-order valence-electron chi connectivity index (χ4n) is 2.95. The number of nitrogens with zero attached hydrogens (tertiary/aromatic N) is 1. The van der Waals surface area contributed by atoms with Crippen LogP contribution in [0.5, 0.6) is 5.75 Å². The number of nitrogens with one attached hydrogen (secondary N) is 2. The van der Waals surface area contributed by atoms with E-state index in [1.54, 1.807) is 6.20 Å². The van der Waals surface area contributed by atoms with Crippen molar-refractivity contribution in [2.45, 2.75) is 40.2 Å². The molecule has 28 heavy (non-hydrogen) atoms. The van der Waals surface area contributed by atoms with Crippen LogP contribution in [0.15, 0.2) is 36.5 Å². The molecular formula is C21H27N3O4. The third-order valence-corrected chi connectivity index (χ3v) is 4.10. The van der Waals surface area contributed by atoms with Gasteiger partial charge in [-0.05, 0) is 60.2 Å². The number of amides is 2. The molecule has 1 unspecified atom stereocenters. The van der Waals surface area contributed by atoms with E-state index < -0.39 is 6.09 Å². The molecule has 0 saturated carbocycles. The molecule has 0 fully saturated rings. The van der Waals surface area contributed by atoms with Crippen molar-refractivity contribution < 1.29 is 19.4 Å². The van der Waals surface area contributed by atoms with E-state index in [2.05, 4.69) is 15.6 Å². The van der Waals surface area contributed by atoms with Gasteiger partial charge in [0.25, 0.3) is 0 Å². The first-order chi connectivity index (χ1) is 13.2. The number of pyridine rings is 1. The average Bonchev–Trinajstić information content (AvgIpc) is 2.59. The molecule has 1 aromatic carbocycles. The first kappa shape index (κ1) is 21.2. The molecule has 0 aliphatic rings. The van der Waals surface area contributed by atoms with Gasteiger partial charge in [0.05, 0.1) is 6.04 Å². The fourth-order valence-corrected chi connectivity index (χ4v) is 2.95. The maximum atomic E-state index is 11.2. The Morgan fingerprint density at radius 3 is 2.50 bits per heavy atom. The number of carbonyl (C=O) groups is 2. The highest BCUT2D eigenvalue weighted by Gasteiger charge is 2.15. The second-order valence-corrected chi connectivity index (χ2v) is 7.18. The Morgan fingerprint density at radius 2 is 1.89 bits per heavy atom. The molecule has 7 heteroatoms. The minimum absolute atomic E-state index is 0.171. The largest absolute Gasteiger partial charge is 0.491 e. The van der Waals surface area contributed by atoms with Crippen LogP contribution in [0.2, 0.25) is 0 Å². The highest BCUT2D eigenvalue weighted by atomic mass is 16.5. The molecule has 7 nitrogen and oxygen atoms in total. The van der Waals surface area contributed by atoms with Crippen LogP contribution in [-0.2, 0) is 4.79 Å². The first-order valence-corrected chi connectivity index (χ1v) is 9.21. The fraction of sp³-hybridized carbons (Fsp3) is 0.381. The molecule has 1 heterocycles. The first-order valence-electron chi connectivity index (χ1n) is 9.21. The molecule has 150 valence electrons. The number of hydrogen-bond acceptors (Lipinski definition) is 4. The van der Waals surface area contributed by atoms with Gasteiger partial charge in [-0.15, -0.1) is 0 Å². The van der Waals surface area contributed by atoms with Gasteiger partial charge in [-0.1, -0.05) is 19.9 Å². The molecule has 0 saturated heterocycles. The quantitative estimate of drug-likeness (QED) is 0.636. The van der Waals surface area contributed by atoms with Crippen LogP contribution in [0.1, 0.15) is 32.8 Å². The van der Waals surface area contributed by atoms with E-state index in [1.165, 1.54) is 6.92 Å². The molecule has 0 radical (unpaired) electrons. The number of ether oxygens (including phenoxy) is 1. The highest BCUT2D eigenvalue weighted by molar-refractivity contribution is 5.88. The molecule has 2 rings (SSSR count). The van der Waals surface area contributed by atoms with Gasteiger partial charge in [-0.3, -0.25) is 4.79 Å². The van der Waals surface area contributed by atoms with Crippen LogP contribution < -0.4 is 15.4 Å². The second-order valence-electron chi connectivity index (χ2n) is 7.18. The van der Waals surface area contributed by atoms with Crippen molar-refractivity contribution in [2.75, 3.05) is 11.9 Å². The summed E-state index contributed by atoms with van der Waals surface area (Å²) in [4.78, 5) is 26.3. The third-order valence-electron chi connectivity index (χ3n) is 4.10. The topological polar surface area (TPSA) is 101 Å². The zero-order valence-corrected chi connectivity index (χ0v) is 16.7. The average molecular weight is 385 g/mol. The van der Waals surface area contributed by atoms with Crippen LogP contribution in [0.4, 0.5) is 10.6 Å². The summed E-state index contributed by atoms with van der Waals surface area (Å²) >= 11 is 0. The van der Waals surface area contributed by atoms with Crippen molar-refractivity contribution in [1.82, 2.24) is 10.3 Å². The van der Waals surface area contributed by atoms with E-state index in [-0.39, 0.29) is 18.6 Å². The number of rotatable bonds is 8. The number of benzene rings is 1. The molecule has 0 spiro atoms. The molecular weight excluding hydrogens is 358 g/mol. The van der Waals surface area contributed by atoms with Gasteiger partial charge >= 0.3 is 6.09 Å². The molecule has 2 aromatic rings. The van der Waals surface area contributed by atoms with Crippen LogP contribution in [0, 0.1) is 12.8 Å². The summed E-state index contributed by atoms with van der Waals surface area (Å²) in [6.07, 6.45) is 1.30. The van der Waals surface area contributed by atoms with Crippen LogP contribution >= 0.6 is 0 Å². The Morgan fingerprint density at radius 1 is 1.18 bits per heavy atom. The Bertz CT molecular complexity index is 836. The molecule has 0 aliphatic carbocycles. The predicted octanol–water partition coefficient (Wildman–Crippen LogP) is 4.08.